The van der Waals surface area contributed by atoms with Crippen LogP contribution in [0.5, 0.6) is 0 Å². The van der Waals surface area contributed by atoms with Crippen molar-refractivity contribution in [3.63, 3.8) is 0 Å². The summed E-state index contributed by atoms with van der Waals surface area (Å²) >= 11 is 0. The van der Waals surface area contributed by atoms with Crippen LogP contribution in [0.25, 0.3) is 0 Å². The number of nitrogens with one attached hydrogen (secondary N) is 1. The fourth-order valence-electron chi connectivity index (χ4n) is 1.05. The fourth-order valence-corrected chi connectivity index (χ4v) is 1.05. The maximum Gasteiger partial charge on any atom is -0.00142 e. The Labute approximate surface area is 64.3 Å². The number of rotatable bonds is 5. The minimum absolute atomic E-state index is 0.514. The van der Waals surface area contributed by atoms with Crippen LogP contribution in [0.2, 0.25) is 0 Å². The largest absolute Gasteiger partial charge is 0.313 e. The van der Waals surface area contributed by atoms with Gasteiger partial charge in [-0.15, -0.1) is 0 Å². The summed E-state index contributed by atoms with van der Waals surface area (Å²) in [5.74, 6) is 1.16. The van der Waals surface area contributed by atoms with Crippen LogP contribution >= 0.6 is 0 Å². The van der Waals surface area contributed by atoms with Gasteiger partial charge in [0.05, 0.1) is 0 Å². The molecule has 1 unspecified atom stereocenters. The van der Waals surface area contributed by atoms with Crippen molar-refractivity contribution in [2.24, 2.45) is 11.8 Å². The first-order chi connectivity index (χ1) is 4.72. The van der Waals surface area contributed by atoms with Crippen LogP contribution in [0.4, 0.5) is 0 Å². The van der Waals surface area contributed by atoms with Gasteiger partial charge in [-0.3, -0.25) is 0 Å². The van der Waals surface area contributed by atoms with E-state index in [4.69, 9.17) is 5.41 Å². The van der Waals surface area contributed by atoms with E-state index in [2.05, 4.69) is 20.8 Å². The molecule has 0 amide bonds. The van der Waals surface area contributed by atoms with E-state index in [1.165, 1.54) is 19.3 Å². The summed E-state index contributed by atoms with van der Waals surface area (Å²) in [6.45, 7) is 6.57. The molecule has 1 N–H and O–H groups in total. The lowest BCUT2D eigenvalue weighted by Crippen LogP contribution is -2.09. The van der Waals surface area contributed by atoms with Crippen LogP contribution < -0.4 is 0 Å². The van der Waals surface area contributed by atoms with Gasteiger partial charge in [-0.1, -0.05) is 33.6 Å². The van der Waals surface area contributed by atoms with Crippen LogP contribution in [0, 0.1) is 17.2 Å². The molecule has 0 saturated heterocycles. The third kappa shape index (κ3) is 3.65. The molecule has 0 aromatic heterocycles. The summed E-state index contributed by atoms with van der Waals surface area (Å²) in [4.78, 5) is 0. The highest BCUT2D eigenvalue weighted by molar-refractivity contribution is 5.56. The quantitative estimate of drug-likeness (QED) is 0.569. The van der Waals surface area contributed by atoms with Crippen LogP contribution in [0.3, 0.4) is 0 Å². The molecule has 0 fully saturated rings. The molecule has 0 aliphatic carbocycles. The van der Waals surface area contributed by atoms with Crippen LogP contribution in [0.15, 0.2) is 0 Å². The Bertz CT molecular complexity index is 86.7. The zero-order valence-corrected chi connectivity index (χ0v) is 7.35. The van der Waals surface area contributed by atoms with Gasteiger partial charge in [-0.25, -0.2) is 0 Å². The van der Waals surface area contributed by atoms with Crippen molar-refractivity contribution in [3.8, 4) is 0 Å². The molecule has 0 aromatic rings. The molecule has 0 radical (unpaired) electrons. The van der Waals surface area contributed by atoms with E-state index >= 15 is 0 Å². The van der Waals surface area contributed by atoms with Crippen molar-refractivity contribution < 1.29 is 0 Å². The van der Waals surface area contributed by atoms with Gasteiger partial charge in [-0.05, 0) is 24.5 Å². The smallest absolute Gasteiger partial charge is 0.00142 e. The maximum atomic E-state index is 7.14. The van der Waals surface area contributed by atoms with E-state index in [-0.39, 0.29) is 0 Å². The highest BCUT2D eigenvalue weighted by Gasteiger charge is 2.08. The molecule has 1 atom stereocenters. The highest BCUT2D eigenvalue weighted by Crippen LogP contribution is 2.15. The normalized spacial score (nSPS) is 13.6. The molecule has 1 heteroatoms. The third-order valence-electron chi connectivity index (χ3n) is 1.96. The fraction of sp³-hybridized carbons (Fsp3) is 0.889. The molecule has 0 aliphatic rings. The summed E-state index contributed by atoms with van der Waals surface area (Å²) < 4.78 is 0. The first kappa shape index (κ1) is 9.67. The number of hydrogen-bond donors (Lipinski definition) is 1. The van der Waals surface area contributed by atoms with Gasteiger partial charge in [0.2, 0.25) is 0 Å². The van der Waals surface area contributed by atoms with E-state index in [0.717, 1.165) is 0 Å². The molecule has 60 valence electrons. The molecule has 1 nitrogen and oxygen atoms in total. The predicted octanol–water partition coefficient (Wildman–Crippen LogP) is 3.10. The Balaban J connectivity index is 3.50. The first-order valence-corrected chi connectivity index (χ1v) is 4.23. The molecule has 0 saturated carbocycles. The monoisotopic (exact) mass is 141 g/mol. The Morgan fingerprint density at radius 3 is 2.30 bits per heavy atom. The number of hydrogen-bond acceptors (Lipinski definition) is 1. The lowest BCUT2D eigenvalue weighted by atomic mass is 9.92. The van der Waals surface area contributed by atoms with Gasteiger partial charge in [0, 0.05) is 0 Å². The van der Waals surface area contributed by atoms with Crippen molar-refractivity contribution in [3.05, 3.63) is 0 Å². The third-order valence-corrected chi connectivity index (χ3v) is 1.96. The summed E-state index contributed by atoms with van der Waals surface area (Å²) in [5.41, 5.74) is 0. The van der Waals surface area contributed by atoms with Crippen molar-refractivity contribution in [1.29, 1.82) is 5.41 Å². The van der Waals surface area contributed by atoms with Crippen molar-refractivity contribution in [2.45, 2.75) is 40.0 Å². The van der Waals surface area contributed by atoms with Gasteiger partial charge in [0.15, 0.2) is 0 Å². The van der Waals surface area contributed by atoms with Crippen LogP contribution in [0.1, 0.15) is 40.0 Å². The van der Waals surface area contributed by atoms with Gasteiger partial charge in [0.1, 0.15) is 0 Å². The van der Waals surface area contributed by atoms with Crippen molar-refractivity contribution in [1.82, 2.24) is 0 Å². The van der Waals surface area contributed by atoms with E-state index in [1.54, 1.807) is 6.21 Å². The molecule has 0 aliphatic heterocycles. The van der Waals surface area contributed by atoms with E-state index in [0.29, 0.717) is 11.8 Å². The molecule has 0 aromatic carbocycles. The highest BCUT2D eigenvalue weighted by atomic mass is 14.4. The average Bonchev–Trinajstić information content (AvgIpc) is 1.89. The second-order valence-electron chi connectivity index (χ2n) is 3.22. The van der Waals surface area contributed by atoms with E-state index < -0.39 is 0 Å². The number of unbranched alkanes of at least 4 members (excludes halogenated alkanes) is 1. The van der Waals surface area contributed by atoms with Gasteiger partial charge in [-0.2, -0.15) is 0 Å². The lowest BCUT2D eigenvalue weighted by molar-refractivity contribution is 0.454. The SMILES string of the molecule is CCCCC(C=N)C(C)C. The Kier molecular flexibility index (Phi) is 5.27. The topological polar surface area (TPSA) is 23.9 Å². The minimum Gasteiger partial charge on any atom is -0.313 e. The minimum atomic E-state index is 0.514. The van der Waals surface area contributed by atoms with E-state index in [9.17, 15) is 0 Å². The molecule has 0 bridgehead atoms. The zero-order chi connectivity index (χ0) is 7.98. The Morgan fingerprint density at radius 1 is 1.40 bits per heavy atom. The second-order valence-corrected chi connectivity index (χ2v) is 3.22. The first-order valence-electron chi connectivity index (χ1n) is 4.23. The Morgan fingerprint density at radius 2 is 2.00 bits per heavy atom. The summed E-state index contributed by atoms with van der Waals surface area (Å²) in [7, 11) is 0. The molecule has 0 spiro atoms. The summed E-state index contributed by atoms with van der Waals surface area (Å²) in [6, 6.07) is 0. The average molecular weight is 141 g/mol. The van der Waals surface area contributed by atoms with Crippen molar-refractivity contribution in [2.75, 3.05) is 0 Å². The lowest BCUT2D eigenvalue weighted by Gasteiger charge is -2.14. The molecule has 0 rings (SSSR count). The van der Waals surface area contributed by atoms with Gasteiger partial charge < -0.3 is 5.41 Å². The predicted molar refractivity (Wildman–Crippen MR) is 46.6 cm³/mol. The molecular formula is C9H19N. The zero-order valence-electron chi connectivity index (χ0n) is 7.35. The van der Waals surface area contributed by atoms with Crippen LogP contribution in [-0.4, -0.2) is 6.21 Å². The summed E-state index contributed by atoms with van der Waals surface area (Å²) in [5, 5.41) is 7.14. The summed E-state index contributed by atoms with van der Waals surface area (Å²) in [6.07, 6.45) is 5.30. The van der Waals surface area contributed by atoms with Gasteiger partial charge in [0.25, 0.3) is 0 Å². The molecular weight excluding hydrogens is 122 g/mol. The van der Waals surface area contributed by atoms with E-state index in [1.807, 2.05) is 0 Å². The maximum absolute atomic E-state index is 7.14. The van der Waals surface area contributed by atoms with Gasteiger partial charge >= 0.3 is 0 Å². The van der Waals surface area contributed by atoms with Crippen LogP contribution in [-0.2, 0) is 0 Å². The Hall–Kier alpha value is -0.330. The molecule has 10 heavy (non-hydrogen) atoms. The van der Waals surface area contributed by atoms with Crippen molar-refractivity contribution >= 4 is 6.21 Å². The molecule has 0 heterocycles. The second kappa shape index (κ2) is 5.45. The standard InChI is InChI=1S/C9H19N/c1-4-5-6-9(7-10)8(2)3/h7-10H,4-6H2,1-3H3.